The molecule has 2 aliphatic carbocycles. The van der Waals surface area contributed by atoms with Gasteiger partial charge < -0.3 is 9.88 Å². The first-order chi connectivity index (χ1) is 15.8. The molecule has 0 unspecified atom stereocenters. The van der Waals surface area contributed by atoms with Crippen LogP contribution in [0.2, 0.25) is 0 Å². The molecule has 0 spiro atoms. The molecule has 6 rings (SSSR count). The van der Waals surface area contributed by atoms with Crippen molar-refractivity contribution in [2.24, 2.45) is 5.92 Å². The highest BCUT2D eigenvalue weighted by Gasteiger charge is 2.38. The highest BCUT2D eigenvalue weighted by Crippen LogP contribution is 2.42. The number of aromatic nitrogens is 2. The Morgan fingerprint density at radius 1 is 1.00 bits per heavy atom. The minimum atomic E-state index is 0.175. The predicted molar refractivity (Wildman–Crippen MR) is 128 cm³/mol. The number of benzene rings is 2. The fourth-order valence-corrected chi connectivity index (χ4v) is 6.66. The summed E-state index contributed by atoms with van der Waals surface area (Å²) >= 11 is 0. The summed E-state index contributed by atoms with van der Waals surface area (Å²) in [7, 11) is 0. The van der Waals surface area contributed by atoms with E-state index in [0.29, 0.717) is 12.0 Å². The smallest absolute Gasteiger partial charge is 0.254 e. The largest absolute Gasteiger partial charge is 0.345 e. The zero-order valence-electron chi connectivity index (χ0n) is 18.9. The van der Waals surface area contributed by atoms with Crippen molar-refractivity contribution >= 4 is 16.9 Å². The summed E-state index contributed by atoms with van der Waals surface area (Å²) in [6.45, 7) is 0.871. The molecule has 166 valence electrons. The maximum Gasteiger partial charge on any atom is 0.254 e. The van der Waals surface area contributed by atoms with Gasteiger partial charge in [-0.05, 0) is 72.9 Å². The molecule has 2 atom stereocenters. The van der Waals surface area contributed by atoms with Crippen LogP contribution >= 0.6 is 0 Å². The van der Waals surface area contributed by atoms with Gasteiger partial charge in [-0.2, -0.15) is 0 Å². The maximum atomic E-state index is 13.5. The van der Waals surface area contributed by atoms with Crippen molar-refractivity contribution in [2.45, 2.75) is 76.2 Å². The molecule has 3 aliphatic rings. The summed E-state index contributed by atoms with van der Waals surface area (Å²) in [6.07, 6.45) is 14.5. The second-order valence-corrected chi connectivity index (χ2v) is 10.2. The standard InChI is InChI=1S/C28H33N3O/c32-28(22-9-12-25-26(17-22)30-18-29-25)31-14-4-7-24-23-11-8-20(15-19-5-2-1-3-6-19)16-21(23)10-13-27(24)31/h8-9,11-12,16-19,24,27H,1-7,10,13-15H2,(H,29,30)/t24-,27+/m0/s1. The van der Waals surface area contributed by atoms with E-state index >= 15 is 0 Å². The Kier molecular flexibility index (Phi) is 5.24. The molecule has 3 aromatic rings. The predicted octanol–water partition coefficient (Wildman–Crippen LogP) is 6.02. The number of amides is 1. The van der Waals surface area contributed by atoms with E-state index in [1.54, 1.807) is 11.9 Å². The normalized spacial score (nSPS) is 23.7. The average Bonchev–Trinajstić information content (AvgIpc) is 3.31. The lowest BCUT2D eigenvalue weighted by Gasteiger charge is -2.45. The van der Waals surface area contributed by atoms with E-state index in [1.165, 1.54) is 56.1 Å². The Bertz CT molecular complexity index is 1130. The van der Waals surface area contributed by atoms with Crippen molar-refractivity contribution in [1.29, 1.82) is 0 Å². The van der Waals surface area contributed by atoms with Gasteiger partial charge in [-0.25, -0.2) is 4.98 Å². The summed E-state index contributed by atoms with van der Waals surface area (Å²) in [5.41, 5.74) is 7.21. The van der Waals surface area contributed by atoms with Gasteiger partial charge in [0, 0.05) is 24.1 Å². The number of carbonyl (C=O) groups excluding carboxylic acids is 1. The zero-order chi connectivity index (χ0) is 21.5. The van der Waals surface area contributed by atoms with E-state index in [-0.39, 0.29) is 5.91 Å². The summed E-state index contributed by atoms with van der Waals surface area (Å²) in [5.74, 6) is 1.54. The minimum Gasteiger partial charge on any atom is -0.345 e. The Hall–Kier alpha value is -2.62. The molecule has 1 aromatic heterocycles. The molecule has 2 aromatic carbocycles. The molecule has 1 amide bonds. The van der Waals surface area contributed by atoms with E-state index in [1.807, 2.05) is 18.2 Å². The van der Waals surface area contributed by atoms with Crippen LogP contribution in [-0.4, -0.2) is 33.4 Å². The average molecular weight is 428 g/mol. The van der Waals surface area contributed by atoms with Crippen LogP contribution < -0.4 is 0 Å². The first-order valence-electron chi connectivity index (χ1n) is 12.6. The number of nitrogens with one attached hydrogen (secondary N) is 1. The minimum absolute atomic E-state index is 0.175. The molecule has 1 saturated heterocycles. The summed E-state index contributed by atoms with van der Waals surface area (Å²) < 4.78 is 0. The van der Waals surface area contributed by atoms with Gasteiger partial charge in [-0.1, -0.05) is 50.3 Å². The number of piperidine rings is 1. The molecule has 0 radical (unpaired) electrons. The number of hydrogen-bond donors (Lipinski definition) is 1. The topological polar surface area (TPSA) is 49.0 Å². The first kappa shape index (κ1) is 20.0. The number of nitrogens with zero attached hydrogens (tertiary/aromatic N) is 2. The third-order valence-corrected chi connectivity index (χ3v) is 8.27. The van der Waals surface area contributed by atoms with Gasteiger partial charge >= 0.3 is 0 Å². The number of likely N-dealkylation sites (tertiary alicyclic amines) is 1. The van der Waals surface area contributed by atoms with Crippen molar-refractivity contribution in [2.75, 3.05) is 6.54 Å². The number of aromatic amines is 1. The van der Waals surface area contributed by atoms with Gasteiger partial charge in [0.1, 0.15) is 0 Å². The van der Waals surface area contributed by atoms with Gasteiger partial charge in [-0.3, -0.25) is 4.79 Å². The molecule has 1 aliphatic heterocycles. The van der Waals surface area contributed by atoms with Crippen molar-refractivity contribution in [3.05, 3.63) is 65.0 Å². The molecule has 1 saturated carbocycles. The van der Waals surface area contributed by atoms with Gasteiger partial charge in [-0.15, -0.1) is 0 Å². The molecular weight excluding hydrogens is 394 g/mol. The SMILES string of the molecule is O=C(c1ccc2nc[nH]c2c1)N1CCC[C@H]2c3ccc(CC4CCCCC4)cc3CC[C@H]21. The first-order valence-corrected chi connectivity index (χ1v) is 12.6. The van der Waals surface area contributed by atoms with Crippen molar-refractivity contribution in [3.63, 3.8) is 0 Å². The quantitative estimate of drug-likeness (QED) is 0.556. The van der Waals surface area contributed by atoms with Gasteiger partial charge in [0.15, 0.2) is 0 Å². The fourth-order valence-electron chi connectivity index (χ4n) is 6.66. The van der Waals surface area contributed by atoms with Gasteiger partial charge in [0.2, 0.25) is 0 Å². The summed E-state index contributed by atoms with van der Waals surface area (Å²) in [6, 6.07) is 13.5. The van der Waals surface area contributed by atoms with Gasteiger partial charge in [0.25, 0.3) is 5.91 Å². The van der Waals surface area contributed by atoms with Crippen LogP contribution in [0.4, 0.5) is 0 Å². The molecular formula is C28H33N3O. The number of aryl methyl sites for hydroxylation is 1. The lowest BCUT2D eigenvalue weighted by molar-refractivity contribution is 0.0547. The van der Waals surface area contributed by atoms with E-state index in [4.69, 9.17) is 0 Å². The number of H-pyrrole nitrogens is 1. The molecule has 2 fully saturated rings. The molecule has 4 nitrogen and oxygen atoms in total. The summed E-state index contributed by atoms with van der Waals surface area (Å²) in [4.78, 5) is 23.1. The van der Waals surface area contributed by atoms with Crippen LogP contribution in [0.25, 0.3) is 11.0 Å². The number of carbonyl (C=O) groups is 1. The van der Waals surface area contributed by atoms with E-state index < -0.39 is 0 Å². The van der Waals surface area contributed by atoms with E-state index in [9.17, 15) is 4.79 Å². The highest BCUT2D eigenvalue weighted by molar-refractivity contribution is 5.97. The van der Waals surface area contributed by atoms with Crippen LogP contribution in [-0.2, 0) is 12.8 Å². The lowest BCUT2D eigenvalue weighted by atomic mass is 9.73. The molecule has 2 heterocycles. The van der Waals surface area contributed by atoms with Crippen LogP contribution in [0.3, 0.4) is 0 Å². The van der Waals surface area contributed by atoms with Crippen LogP contribution in [0.5, 0.6) is 0 Å². The number of imidazole rings is 1. The molecule has 0 bridgehead atoms. The third kappa shape index (κ3) is 3.64. The Balaban J connectivity index is 1.22. The van der Waals surface area contributed by atoms with Crippen LogP contribution in [0.1, 0.15) is 84.3 Å². The molecule has 4 heteroatoms. The zero-order valence-corrected chi connectivity index (χ0v) is 18.9. The number of hydrogen-bond acceptors (Lipinski definition) is 2. The second kappa shape index (κ2) is 8.38. The fraction of sp³-hybridized carbons (Fsp3) is 0.500. The molecule has 32 heavy (non-hydrogen) atoms. The molecule has 1 N–H and O–H groups in total. The summed E-state index contributed by atoms with van der Waals surface area (Å²) in [5, 5.41) is 0. The highest BCUT2D eigenvalue weighted by atomic mass is 16.2. The Morgan fingerprint density at radius 3 is 2.81 bits per heavy atom. The van der Waals surface area contributed by atoms with Crippen molar-refractivity contribution in [1.82, 2.24) is 14.9 Å². The number of rotatable bonds is 3. The second-order valence-electron chi connectivity index (χ2n) is 10.2. The van der Waals surface area contributed by atoms with Crippen molar-refractivity contribution in [3.8, 4) is 0 Å². The van der Waals surface area contributed by atoms with E-state index in [2.05, 4.69) is 33.1 Å². The lowest BCUT2D eigenvalue weighted by Crippen LogP contribution is -2.49. The monoisotopic (exact) mass is 427 g/mol. The number of fused-ring (bicyclic) bond motifs is 4. The maximum absolute atomic E-state index is 13.5. The Morgan fingerprint density at radius 2 is 1.91 bits per heavy atom. The van der Waals surface area contributed by atoms with E-state index in [0.717, 1.165) is 48.3 Å². The van der Waals surface area contributed by atoms with Crippen LogP contribution in [0.15, 0.2) is 42.7 Å². The van der Waals surface area contributed by atoms with Gasteiger partial charge in [0.05, 0.1) is 17.4 Å². The Labute approximate surface area is 190 Å². The van der Waals surface area contributed by atoms with Crippen molar-refractivity contribution < 1.29 is 4.79 Å². The third-order valence-electron chi connectivity index (χ3n) is 8.27. The van der Waals surface area contributed by atoms with Crippen LogP contribution in [0, 0.1) is 5.92 Å².